The Morgan fingerprint density at radius 2 is 1.03 bits per heavy atom. The lowest BCUT2D eigenvalue weighted by molar-refractivity contribution is 0.682. The first-order valence-electron chi connectivity index (χ1n) is 10.9. The van der Waals surface area contributed by atoms with Crippen LogP contribution in [0.5, 0.6) is 0 Å². The molecule has 0 fully saturated rings. The Morgan fingerprint density at radius 1 is 0.517 bits per heavy atom. The molecule has 0 aromatic heterocycles. The molecule has 0 bridgehead atoms. The fourth-order valence-corrected chi connectivity index (χ4v) is 3.86. The average Bonchev–Trinajstić information content (AvgIpc) is 2.70. The van der Waals surface area contributed by atoms with Crippen molar-refractivity contribution in [3.63, 3.8) is 0 Å². The summed E-state index contributed by atoms with van der Waals surface area (Å²) in [5, 5.41) is 0. The van der Waals surface area contributed by atoms with Gasteiger partial charge in [-0.25, -0.2) is 0 Å². The van der Waals surface area contributed by atoms with E-state index in [1.54, 1.807) is 11.1 Å². The van der Waals surface area contributed by atoms with Crippen LogP contribution in [0, 0.1) is 48.5 Å². The normalized spacial score (nSPS) is 12.1. The van der Waals surface area contributed by atoms with Crippen molar-refractivity contribution in [2.45, 2.75) is 74.1 Å². The van der Waals surface area contributed by atoms with Gasteiger partial charge in [0.2, 0.25) is 0 Å². The molecular weight excluding hydrogens is 348 g/mol. The largest absolute Gasteiger partial charge is 0.0617 e. The molecule has 0 heteroatoms. The summed E-state index contributed by atoms with van der Waals surface area (Å²) in [7, 11) is 0. The predicted molar refractivity (Wildman–Crippen MR) is 129 cm³/mol. The van der Waals surface area contributed by atoms with Crippen molar-refractivity contribution in [1.82, 2.24) is 0 Å². The van der Waals surface area contributed by atoms with Crippen molar-refractivity contribution in [2.75, 3.05) is 0 Å². The van der Waals surface area contributed by atoms with Crippen molar-refractivity contribution in [1.29, 1.82) is 0 Å². The zero-order chi connectivity index (χ0) is 21.4. The van der Waals surface area contributed by atoms with Crippen molar-refractivity contribution in [2.24, 2.45) is 0 Å². The van der Waals surface area contributed by atoms with Gasteiger partial charge in [0.25, 0.3) is 0 Å². The molecule has 0 unspecified atom stereocenters. The maximum Gasteiger partial charge on any atom is -0.0273 e. The molecule has 1 aliphatic carbocycles. The van der Waals surface area contributed by atoms with E-state index < -0.39 is 0 Å². The molecule has 0 spiro atoms. The highest BCUT2D eigenvalue weighted by atomic mass is 14.1. The lowest BCUT2D eigenvalue weighted by Gasteiger charge is -2.17. The summed E-state index contributed by atoms with van der Waals surface area (Å²) in [6.07, 6.45) is 5.38. The third-order valence-corrected chi connectivity index (χ3v) is 5.92. The van der Waals surface area contributed by atoms with Gasteiger partial charge in [-0.2, -0.15) is 0 Å². The number of benzene rings is 3. The first kappa shape index (κ1) is 22.9. The number of rotatable bonds is 0. The molecule has 0 heterocycles. The summed E-state index contributed by atoms with van der Waals surface area (Å²) in [5.74, 6) is 0. The van der Waals surface area contributed by atoms with Crippen LogP contribution in [0.15, 0.2) is 54.6 Å². The average molecular weight is 387 g/mol. The molecule has 0 nitrogen and oxygen atoms in total. The van der Waals surface area contributed by atoms with Gasteiger partial charge in [0, 0.05) is 0 Å². The molecule has 4 rings (SSSR count). The number of hydrogen-bond acceptors (Lipinski definition) is 0. The summed E-state index contributed by atoms with van der Waals surface area (Å²) >= 11 is 0. The van der Waals surface area contributed by atoms with E-state index >= 15 is 0 Å². The quantitative estimate of drug-likeness (QED) is 0.366. The van der Waals surface area contributed by atoms with Gasteiger partial charge < -0.3 is 0 Å². The molecule has 3 aromatic rings. The first-order chi connectivity index (χ1) is 13.8. The molecule has 0 aliphatic heterocycles. The summed E-state index contributed by atoms with van der Waals surface area (Å²) in [6.45, 7) is 15.1. The molecule has 3 aromatic carbocycles. The van der Waals surface area contributed by atoms with Crippen molar-refractivity contribution in [3.05, 3.63) is 105 Å². The van der Waals surface area contributed by atoms with Crippen LogP contribution in [0.2, 0.25) is 0 Å². The highest BCUT2D eigenvalue weighted by molar-refractivity contribution is 5.36. The van der Waals surface area contributed by atoms with Gasteiger partial charge in [0.1, 0.15) is 0 Å². The molecule has 0 atom stereocenters. The molecular formula is C29H38. The minimum Gasteiger partial charge on any atom is -0.0617 e. The second-order valence-electron chi connectivity index (χ2n) is 8.60. The maximum absolute atomic E-state index is 2.28. The highest BCUT2D eigenvalue weighted by Crippen LogP contribution is 2.23. The molecule has 1 aliphatic rings. The molecule has 0 N–H and O–H groups in total. The molecule has 0 radical (unpaired) electrons. The van der Waals surface area contributed by atoms with Crippen LogP contribution >= 0.6 is 0 Å². The Morgan fingerprint density at radius 3 is 1.55 bits per heavy atom. The Labute approximate surface area is 179 Å². The van der Waals surface area contributed by atoms with Crippen LogP contribution in [0.25, 0.3) is 0 Å². The van der Waals surface area contributed by atoms with Crippen LogP contribution < -0.4 is 0 Å². The van der Waals surface area contributed by atoms with E-state index in [0.717, 1.165) is 0 Å². The molecule has 0 saturated carbocycles. The van der Waals surface area contributed by atoms with Crippen LogP contribution in [0.4, 0.5) is 0 Å². The van der Waals surface area contributed by atoms with Gasteiger partial charge in [0.05, 0.1) is 0 Å². The minimum atomic E-state index is 1.30. The molecule has 154 valence electrons. The van der Waals surface area contributed by atoms with Crippen LogP contribution in [-0.2, 0) is 12.8 Å². The van der Waals surface area contributed by atoms with Gasteiger partial charge in [0.15, 0.2) is 0 Å². The van der Waals surface area contributed by atoms with E-state index in [1.807, 2.05) is 0 Å². The second kappa shape index (κ2) is 11.0. The van der Waals surface area contributed by atoms with E-state index in [2.05, 4.69) is 103 Å². The maximum atomic E-state index is 2.28. The van der Waals surface area contributed by atoms with Gasteiger partial charge in [-0.1, -0.05) is 71.3 Å². The van der Waals surface area contributed by atoms with Gasteiger partial charge in [-0.15, -0.1) is 0 Å². The third kappa shape index (κ3) is 7.20. The van der Waals surface area contributed by atoms with Crippen molar-refractivity contribution in [3.8, 4) is 0 Å². The van der Waals surface area contributed by atoms with Gasteiger partial charge >= 0.3 is 0 Å². The first-order valence-corrected chi connectivity index (χ1v) is 10.9. The summed E-state index contributed by atoms with van der Waals surface area (Å²) < 4.78 is 0. The van der Waals surface area contributed by atoms with Gasteiger partial charge in [-0.3, -0.25) is 0 Å². The smallest absolute Gasteiger partial charge is 0.0273 e. The zero-order valence-electron chi connectivity index (χ0n) is 19.5. The van der Waals surface area contributed by atoms with Crippen molar-refractivity contribution >= 4 is 0 Å². The number of aryl methyl sites for hydroxylation is 7. The van der Waals surface area contributed by atoms with E-state index in [4.69, 9.17) is 0 Å². The Hall–Kier alpha value is -2.34. The SMILES string of the molecule is Cc1cc(C)c(C)c(C)c1.Cc1ccc(C)cc1.Cc1cccc2c1CCCC2. The standard InChI is InChI=1S/C11H14.C10H14.C8H10/c1-9-5-4-7-10-6-2-3-8-11(9)10;1-7-5-8(2)10(4)9(3)6-7;1-7-3-5-8(2)6-4-7/h4-5,7H,2-3,6,8H2,1H3;5-6H,1-4H3;3-6H,1-2H3. The number of hydrogen-bond donors (Lipinski definition) is 0. The summed E-state index contributed by atoms with van der Waals surface area (Å²) in [4.78, 5) is 0. The fourth-order valence-electron chi connectivity index (χ4n) is 3.86. The van der Waals surface area contributed by atoms with Crippen LogP contribution in [0.3, 0.4) is 0 Å². The Bertz CT molecular complexity index is 869. The van der Waals surface area contributed by atoms with Crippen LogP contribution in [-0.4, -0.2) is 0 Å². The molecule has 0 saturated heterocycles. The molecule has 29 heavy (non-hydrogen) atoms. The summed E-state index contributed by atoms with van der Waals surface area (Å²) in [6, 6.07) is 19.6. The van der Waals surface area contributed by atoms with E-state index in [1.165, 1.54) is 64.6 Å². The monoisotopic (exact) mass is 386 g/mol. The third-order valence-electron chi connectivity index (χ3n) is 5.92. The summed E-state index contributed by atoms with van der Waals surface area (Å²) in [5.41, 5.74) is 12.9. The van der Waals surface area contributed by atoms with Crippen molar-refractivity contribution < 1.29 is 0 Å². The second-order valence-corrected chi connectivity index (χ2v) is 8.60. The predicted octanol–water partition coefficient (Wildman–Crippen LogP) is 8.10. The van der Waals surface area contributed by atoms with E-state index in [-0.39, 0.29) is 0 Å². The lowest BCUT2D eigenvalue weighted by Crippen LogP contribution is -2.03. The zero-order valence-corrected chi connectivity index (χ0v) is 19.5. The van der Waals surface area contributed by atoms with Gasteiger partial charge in [-0.05, 0) is 108 Å². The molecule has 0 amide bonds. The fraction of sp³-hybridized carbons (Fsp3) is 0.379. The van der Waals surface area contributed by atoms with E-state index in [0.29, 0.717) is 0 Å². The van der Waals surface area contributed by atoms with E-state index in [9.17, 15) is 0 Å². The Balaban J connectivity index is 0.000000157. The van der Waals surface area contributed by atoms with Crippen LogP contribution in [0.1, 0.15) is 62.9 Å². The highest BCUT2D eigenvalue weighted by Gasteiger charge is 2.09. The number of fused-ring (bicyclic) bond motifs is 1. The lowest BCUT2D eigenvalue weighted by atomic mass is 9.89. The minimum absolute atomic E-state index is 1.30. The Kier molecular flexibility index (Phi) is 8.70. The topological polar surface area (TPSA) is 0 Å².